The minimum absolute atomic E-state index is 0.417. The topological polar surface area (TPSA) is 64.6 Å². The summed E-state index contributed by atoms with van der Waals surface area (Å²) in [6.07, 6.45) is 4.73. The van der Waals surface area contributed by atoms with Crippen molar-refractivity contribution in [2.45, 2.75) is 32.7 Å². The quantitative estimate of drug-likeness (QED) is 0.362. The van der Waals surface area contributed by atoms with E-state index in [1.54, 1.807) is 17.0 Å². The van der Waals surface area contributed by atoms with Crippen LogP contribution < -0.4 is 4.74 Å². The molecule has 0 fully saturated rings. The second-order valence-corrected chi connectivity index (χ2v) is 7.89. The van der Waals surface area contributed by atoms with Crippen LogP contribution in [0.25, 0.3) is 11.3 Å². The van der Waals surface area contributed by atoms with Crippen molar-refractivity contribution in [1.29, 1.82) is 0 Å². The number of aryl methyl sites for hydroxylation is 1. The van der Waals surface area contributed by atoms with E-state index in [1.165, 1.54) is 5.56 Å². The van der Waals surface area contributed by atoms with E-state index < -0.39 is 12.0 Å². The van der Waals surface area contributed by atoms with E-state index in [2.05, 4.69) is 19.1 Å². The summed E-state index contributed by atoms with van der Waals surface area (Å²) >= 11 is 0. The Bertz CT molecular complexity index is 1160. The summed E-state index contributed by atoms with van der Waals surface area (Å²) in [6.45, 7) is 4.62. The van der Waals surface area contributed by atoms with Crippen LogP contribution >= 0.6 is 0 Å². The van der Waals surface area contributed by atoms with Crippen LogP contribution in [0.15, 0.2) is 83.5 Å². The number of aliphatic carboxylic acids is 1. The number of nitrogens with zero attached hydrogens (tertiary/aromatic N) is 1. The molecular formula is C27H27NO4. The molecule has 0 unspecified atom stereocenters. The van der Waals surface area contributed by atoms with Crippen LogP contribution in [0.2, 0.25) is 0 Å². The molecule has 0 aliphatic rings. The number of carbonyl (C=O) groups is 1. The van der Waals surface area contributed by atoms with Gasteiger partial charge in [-0.25, -0.2) is 4.79 Å². The molecule has 32 heavy (non-hydrogen) atoms. The lowest BCUT2D eigenvalue weighted by molar-refractivity contribution is -0.140. The zero-order valence-corrected chi connectivity index (χ0v) is 18.3. The third-order valence-corrected chi connectivity index (χ3v) is 5.76. The molecule has 4 rings (SSSR count). The molecule has 2 heterocycles. The van der Waals surface area contributed by atoms with Crippen LogP contribution in [0.5, 0.6) is 5.75 Å². The lowest BCUT2D eigenvalue weighted by atomic mass is 10.0. The molecule has 0 aliphatic carbocycles. The minimum Gasteiger partial charge on any atom is -0.493 e. The van der Waals surface area contributed by atoms with Crippen molar-refractivity contribution in [2.75, 3.05) is 6.61 Å². The molecule has 5 heteroatoms. The number of furan rings is 1. The molecule has 0 saturated heterocycles. The SMILES string of the molecule is Cc1oc(-c2ccccc2)c(C)c1CCOc1ccc(C[C@@H](C(=O)O)n2cccc2)cc1. The van der Waals surface area contributed by atoms with E-state index in [0.717, 1.165) is 40.4 Å². The summed E-state index contributed by atoms with van der Waals surface area (Å²) in [4.78, 5) is 11.6. The number of hydrogen-bond donors (Lipinski definition) is 1. The maximum Gasteiger partial charge on any atom is 0.327 e. The van der Waals surface area contributed by atoms with E-state index in [0.29, 0.717) is 13.0 Å². The van der Waals surface area contributed by atoms with Crippen LogP contribution in [-0.4, -0.2) is 22.2 Å². The molecule has 0 amide bonds. The maximum absolute atomic E-state index is 11.6. The van der Waals surface area contributed by atoms with Gasteiger partial charge in [0.25, 0.3) is 0 Å². The Balaban J connectivity index is 1.36. The number of carboxylic acids is 1. The van der Waals surface area contributed by atoms with Gasteiger partial charge in [-0.15, -0.1) is 0 Å². The molecule has 0 aliphatic heterocycles. The molecular weight excluding hydrogens is 402 g/mol. The molecule has 1 atom stereocenters. The highest BCUT2D eigenvalue weighted by Gasteiger charge is 2.19. The van der Waals surface area contributed by atoms with Crippen molar-refractivity contribution in [2.24, 2.45) is 0 Å². The Morgan fingerprint density at radius 3 is 2.34 bits per heavy atom. The average molecular weight is 430 g/mol. The summed E-state index contributed by atoms with van der Waals surface area (Å²) < 4.78 is 13.7. The van der Waals surface area contributed by atoms with E-state index in [4.69, 9.17) is 9.15 Å². The standard InChI is InChI=1S/C27H27NO4/c1-19-24(20(2)32-26(19)22-8-4-3-5-9-22)14-17-31-23-12-10-21(11-13-23)18-25(27(29)30)28-15-6-7-16-28/h3-13,15-16,25H,14,17-18H2,1-2H3,(H,29,30)/t25-/m0/s1. The fourth-order valence-corrected chi connectivity index (χ4v) is 4.01. The van der Waals surface area contributed by atoms with E-state index in [1.807, 2.05) is 61.5 Å². The van der Waals surface area contributed by atoms with Crippen LogP contribution in [0.1, 0.15) is 28.5 Å². The smallest absolute Gasteiger partial charge is 0.327 e. The van der Waals surface area contributed by atoms with Crippen molar-refractivity contribution in [3.05, 3.63) is 102 Å². The van der Waals surface area contributed by atoms with Crippen LogP contribution in [0.3, 0.4) is 0 Å². The first-order chi connectivity index (χ1) is 15.5. The van der Waals surface area contributed by atoms with Crippen molar-refractivity contribution < 1.29 is 19.1 Å². The Labute approximate surface area is 187 Å². The molecule has 0 saturated carbocycles. The third-order valence-electron chi connectivity index (χ3n) is 5.76. The van der Waals surface area contributed by atoms with Gasteiger partial charge in [0.1, 0.15) is 23.3 Å². The number of ether oxygens (including phenoxy) is 1. The largest absolute Gasteiger partial charge is 0.493 e. The highest BCUT2D eigenvalue weighted by Crippen LogP contribution is 2.31. The predicted molar refractivity (Wildman–Crippen MR) is 124 cm³/mol. The first kappa shape index (κ1) is 21.5. The van der Waals surface area contributed by atoms with Crippen LogP contribution in [-0.2, 0) is 17.6 Å². The lowest BCUT2D eigenvalue weighted by Crippen LogP contribution is -2.20. The van der Waals surface area contributed by atoms with Gasteiger partial charge in [0.2, 0.25) is 0 Å². The molecule has 0 bridgehead atoms. The van der Waals surface area contributed by atoms with Gasteiger partial charge in [0.15, 0.2) is 0 Å². The molecule has 0 radical (unpaired) electrons. The van der Waals surface area contributed by atoms with Gasteiger partial charge in [0.05, 0.1) is 6.61 Å². The molecule has 164 valence electrons. The Kier molecular flexibility index (Phi) is 6.45. The highest BCUT2D eigenvalue weighted by molar-refractivity contribution is 5.72. The maximum atomic E-state index is 11.6. The van der Waals surface area contributed by atoms with Crippen molar-refractivity contribution >= 4 is 5.97 Å². The Morgan fingerprint density at radius 2 is 1.69 bits per heavy atom. The van der Waals surface area contributed by atoms with Crippen molar-refractivity contribution in [3.8, 4) is 17.1 Å². The van der Waals surface area contributed by atoms with Gasteiger partial charge in [-0.1, -0.05) is 42.5 Å². The minimum atomic E-state index is -0.845. The summed E-state index contributed by atoms with van der Waals surface area (Å²) in [5.41, 5.74) is 4.36. The second kappa shape index (κ2) is 9.60. The van der Waals surface area contributed by atoms with Gasteiger partial charge in [-0.2, -0.15) is 0 Å². The molecule has 1 N–H and O–H groups in total. The van der Waals surface area contributed by atoms with Gasteiger partial charge in [0, 0.05) is 36.4 Å². The van der Waals surface area contributed by atoms with Crippen LogP contribution in [0, 0.1) is 13.8 Å². The first-order valence-corrected chi connectivity index (χ1v) is 10.7. The Hall–Kier alpha value is -3.73. The molecule has 0 spiro atoms. The summed E-state index contributed by atoms with van der Waals surface area (Å²) in [5.74, 6) is 1.76. The zero-order valence-electron chi connectivity index (χ0n) is 18.3. The summed E-state index contributed by atoms with van der Waals surface area (Å²) in [5, 5.41) is 9.55. The van der Waals surface area contributed by atoms with Gasteiger partial charge >= 0.3 is 5.97 Å². The zero-order chi connectivity index (χ0) is 22.5. The normalized spacial score (nSPS) is 11.9. The number of hydrogen-bond acceptors (Lipinski definition) is 3. The fraction of sp³-hybridized carbons (Fsp3) is 0.222. The number of carboxylic acid groups (broad SMARTS) is 1. The van der Waals surface area contributed by atoms with Crippen molar-refractivity contribution in [1.82, 2.24) is 4.57 Å². The molecule has 4 aromatic rings. The number of rotatable bonds is 9. The predicted octanol–water partition coefficient (Wildman–Crippen LogP) is 5.85. The molecule has 2 aromatic carbocycles. The summed E-state index contributed by atoms with van der Waals surface area (Å²) in [7, 11) is 0. The third kappa shape index (κ3) is 4.78. The summed E-state index contributed by atoms with van der Waals surface area (Å²) in [6, 6.07) is 20.8. The van der Waals surface area contributed by atoms with E-state index >= 15 is 0 Å². The second-order valence-electron chi connectivity index (χ2n) is 7.89. The van der Waals surface area contributed by atoms with Gasteiger partial charge < -0.3 is 18.8 Å². The fourth-order valence-electron chi connectivity index (χ4n) is 4.01. The molecule has 5 nitrogen and oxygen atoms in total. The van der Waals surface area contributed by atoms with Crippen molar-refractivity contribution in [3.63, 3.8) is 0 Å². The highest BCUT2D eigenvalue weighted by atomic mass is 16.5. The monoisotopic (exact) mass is 429 g/mol. The molecule has 2 aromatic heterocycles. The van der Waals surface area contributed by atoms with Crippen LogP contribution in [0.4, 0.5) is 0 Å². The Morgan fingerprint density at radius 1 is 1.00 bits per heavy atom. The number of aromatic nitrogens is 1. The lowest BCUT2D eigenvalue weighted by Gasteiger charge is -2.15. The van der Waals surface area contributed by atoms with Gasteiger partial charge in [-0.05, 0) is 49.2 Å². The van der Waals surface area contributed by atoms with E-state index in [9.17, 15) is 9.90 Å². The van der Waals surface area contributed by atoms with Gasteiger partial charge in [-0.3, -0.25) is 0 Å². The first-order valence-electron chi connectivity index (χ1n) is 10.7. The average Bonchev–Trinajstić information content (AvgIpc) is 3.43. The van der Waals surface area contributed by atoms with E-state index in [-0.39, 0.29) is 0 Å². The number of benzene rings is 2.